The van der Waals surface area contributed by atoms with E-state index < -0.39 is 0 Å². The van der Waals surface area contributed by atoms with Crippen molar-refractivity contribution in [1.82, 2.24) is 20.1 Å². The molecule has 3 aliphatic rings. The zero-order valence-electron chi connectivity index (χ0n) is 15.7. The second-order valence-corrected chi connectivity index (χ2v) is 9.44. The quantitative estimate of drug-likeness (QED) is 0.762. The summed E-state index contributed by atoms with van der Waals surface area (Å²) in [4.78, 5) is 12.9. The molecule has 142 valence electrons. The average Bonchev–Trinajstić information content (AvgIpc) is 3.61. The van der Waals surface area contributed by atoms with Gasteiger partial charge < -0.3 is 9.88 Å². The molecule has 0 saturated heterocycles. The van der Waals surface area contributed by atoms with Gasteiger partial charge >= 0.3 is 0 Å². The van der Waals surface area contributed by atoms with E-state index in [2.05, 4.69) is 44.3 Å². The molecule has 6 heteroatoms. The number of aryl methyl sites for hydroxylation is 1. The van der Waals surface area contributed by atoms with Gasteiger partial charge in [-0.2, -0.15) is 0 Å². The molecular weight excluding hydrogens is 356 g/mol. The molecule has 2 saturated carbocycles. The number of hydrogen-bond donors (Lipinski definition) is 1. The number of nitrogens with one attached hydrogen (secondary N) is 1. The van der Waals surface area contributed by atoms with Crippen LogP contribution in [0.5, 0.6) is 0 Å². The normalized spacial score (nSPS) is 22.9. The monoisotopic (exact) mass is 382 g/mol. The van der Waals surface area contributed by atoms with Crippen LogP contribution in [0.25, 0.3) is 0 Å². The van der Waals surface area contributed by atoms with Crippen molar-refractivity contribution >= 4 is 17.7 Å². The predicted octanol–water partition coefficient (Wildman–Crippen LogP) is 4.16. The van der Waals surface area contributed by atoms with Crippen LogP contribution < -0.4 is 5.32 Å². The van der Waals surface area contributed by atoms with E-state index in [0.717, 1.165) is 30.2 Å². The molecule has 2 aromatic rings. The highest BCUT2D eigenvalue weighted by Gasteiger charge is 2.37. The molecule has 2 atom stereocenters. The third-order valence-electron chi connectivity index (χ3n) is 5.88. The maximum Gasteiger partial charge on any atom is 0.233 e. The fourth-order valence-electron chi connectivity index (χ4n) is 4.07. The SMILES string of the molecule is C[C@H](Sc1nnc(C2CC2)n1C1CC1)C(=O)N[C@@H]1CCCc2ccccc21. The lowest BCUT2D eigenvalue weighted by Crippen LogP contribution is -2.36. The minimum atomic E-state index is -0.173. The van der Waals surface area contributed by atoms with Crippen molar-refractivity contribution in [3.8, 4) is 0 Å². The van der Waals surface area contributed by atoms with Crippen molar-refractivity contribution in [2.24, 2.45) is 0 Å². The van der Waals surface area contributed by atoms with Crippen LogP contribution in [0.1, 0.15) is 80.4 Å². The lowest BCUT2D eigenvalue weighted by Gasteiger charge is -2.27. The van der Waals surface area contributed by atoms with Gasteiger partial charge in [-0.05, 0) is 63.0 Å². The molecule has 0 bridgehead atoms. The zero-order chi connectivity index (χ0) is 18.4. The van der Waals surface area contributed by atoms with E-state index >= 15 is 0 Å². The maximum atomic E-state index is 12.9. The summed E-state index contributed by atoms with van der Waals surface area (Å²) in [5.74, 6) is 1.84. The van der Waals surface area contributed by atoms with Crippen LogP contribution in [0.4, 0.5) is 0 Å². The first-order chi connectivity index (χ1) is 13.2. The fraction of sp³-hybridized carbons (Fsp3) is 0.571. The highest BCUT2D eigenvalue weighted by Crippen LogP contribution is 2.46. The highest BCUT2D eigenvalue weighted by atomic mass is 32.2. The third-order valence-corrected chi connectivity index (χ3v) is 6.94. The molecule has 1 aromatic heterocycles. The standard InChI is InChI=1S/C21H26N4OS/c1-13(20(26)22-18-8-4-6-14-5-2-3-7-17(14)18)27-21-24-23-19(15-9-10-15)25(21)16-11-12-16/h2-3,5,7,13,15-16,18H,4,6,8-12H2,1H3,(H,22,26)/t13-,18+/m0/s1. The van der Waals surface area contributed by atoms with Crippen LogP contribution >= 0.6 is 11.8 Å². The van der Waals surface area contributed by atoms with Crippen molar-refractivity contribution in [1.29, 1.82) is 0 Å². The molecule has 1 N–H and O–H groups in total. The summed E-state index contributed by atoms with van der Waals surface area (Å²) < 4.78 is 2.32. The molecule has 0 radical (unpaired) electrons. The molecule has 1 amide bonds. The Morgan fingerprint density at radius 1 is 1.19 bits per heavy atom. The van der Waals surface area contributed by atoms with Gasteiger partial charge in [0.25, 0.3) is 0 Å². The van der Waals surface area contributed by atoms with Crippen LogP contribution in [-0.4, -0.2) is 25.9 Å². The topological polar surface area (TPSA) is 59.8 Å². The summed E-state index contributed by atoms with van der Waals surface area (Å²) in [7, 11) is 0. The van der Waals surface area contributed by atoms with E-state index in [1.807, 2.05) is 6.92 Å². The molecule has 0 aliphatic heterocycles. The number of nitrogens with zero attached hydrogens (tertiary/aromatic N) is 3. The van der Waals surface area contributed by atoms with Crippen molar-refractivity contribution in [2.45, 2.75) is 80.3 Å². The number of fused-ring (bicyclic) bond motifs is 1. The Morgan fingerprint density at radius 3 is 2.78 bits per heavy atom. The largest absolute Gasteiger partial charge is 0.348 e. The average molecular weight is 383 g/mol. The number of hydrogen-bond acceptors (Lipinski definition) is 4. The van der Waals surface area contributed by atoms with Crippen LogP contribution in [0.15, 0.2) is 29.4 Å². The highest BCUT2D eigenvalue weighted by molar-refractivity contribution is 8.00. The third kappa shape index (κ3) is 3.51. The van der Waals surface area contributed by atoms with Crippen molar-refractivity contribution in [3.63, 3.8) is 0 Å². The summed E-state index contributed by atoms with van der Waals surface area (Å²) in [6, 6.07) is 9.18. The molecule has 5 rings (SSSR count). The second-order valence-electron chi connectivity index (χ2n) is 8.13. The number of carbonyl (C=O) groups excluding carboxylic acids is 1. The molecular formula is C21H26N4OS. The minimum Gasteiger partial charge on any atom is -0.348 e. The van der Waals surface area contributed by atoms with E-state index in [1.54, 1.807) is 11.8 Å². The number of rotatable bonds is 6. The summed E-state index contributed by atoms with van der Waals surface area (Å²) >= 11 is 1.56. The van der Waals surface area contributed by atoms with Gasteiger partial charge in [-0.15, -0.1) is 10.2 Å². The molecule has 0 spiro atoms. The van der Waals surface area contributed by atoms with Crippen LogP contribution in [0.2, 0.25) is 0 Å². The van der Waals surface area contributed by atoms with E-state index in [1.165, 1.54) is 36.8 Å². The summed E-state index contributed by atoms with van der Waals surface area (Å²) in [5, 5.41) is 12.9. The first-order valence-corrected chi connectivity index (χ1v) is 11.1. The molecule has 2 fully saturated rings. The van der Waals surface area contributed by atoms with Crippen molar-refractivity contribution in [2.75, 3.05) is 0 Å². The molecule has 5 nitrogen and oxygen atoms in total. The number of thioether (sulfide) groups is 1. The Kier molecular flexibility index (Phi) is 4.46. The van der Waals surface area contributed by atoms with Gasteiger partial charge in [0.15, 0.2) is 5.16 Å². The Morgan fingerprint density at radius 2 is 2.00 bits per heavy atom. The van der Waals surface area contributed by atoms with Gasteiger partial charge in [0, 0.05) is 12.0 Å². The Labute approximate surface area is 164 Å². The van der Waals surface area contributed by atoms with E-state index in [0.29, 0.717) is 12.0 Å². The Hall–Kier alpha value is -1.82. The zero-order valence-corrected chi connectivity index (χ0v) is 16.5. The van der Waals surface area contributed by atoms with E-state index in [9.17, 15) is 4.79 Å². The van der Waals surface area contributed by atoms with Crippen LogP contribution in [-0.2, 0) is 11.2 Å². The summed E-state index contributed by atoms with van der Waals surface area (Å²) in [5.41, 5.74) is 2.66. The van der Waals surface area contributed by atoms with Gasteiger partial charge in [0.2, 0.25) is 5.91 Å². The maximum absolute atomic E-state index is 12.9. The van der Waals surface area contributed by atoms with Gasteiger partial charge in [-0.1, -0.05) is 36.0 Å². The number of benzene rings is 1. The van der Waals surface area contributed by atoms with Gasteiger partial charge in [-0.25, -0.2) is 0 Å². The smallest absolute Gasteiger partial charge is 0.233 e. The van der Waals surface area contributed by atoms with Crippen molar-refractivity contribution < 1.29 is 4.79 Å². The molecule has 0 unspecified atom stereocenters. The Bertz CT molecular complexity index is 856. The lowest BCUT2D eigenvalue weighted by atomic mass is 9.88. The molecule has 1 aromatic carbocycles. The van der Waals surface area contributed by atoms with Gasteiger partial charge in [0.1, 0.15) is 5.82 Å². The van der Waals surface area contributed by atoms with Crippen LogP contribution in [0, 0.1) is 0 Å². The van der Waals surface area contributed by atoms with E-state index in [-0.39, 0.29) is 17.2 Å². The molecule has 3 aliphatic carbocycles. The Balaban J connectivity index is 1.28. The summed E-state index contributed by atoms with van der Waals surface area (Å²) in [6.07, 6.45) is 8.14. The number of carbonyl (C=O) groups is 1. The van der Waals surface area contributed by atoms with Crippen molar-refractivity contribution in [3.05, 3.63) is 41.2 Å². The fourth-order valence-corrected chi connectivity index (χ4v) is 5.00. The lowest BCUT2D eigenvalue weighted by molar-refractivity contribution is -0.121. The first-order valence-electron chi connectivity index (χ1n) is 10.2. The number of aromatic nitrogens is 3. The van der Waals surface area contributed by atoms with E-state index in [4.69, 9.17) is 0 Å². The van der Waals surface area contributed by atoms with Crippen LogP contribution in [0.3, 0.4) is 0 Å². The molecule has 1 heterocycles. The second kappa shape index (κ2) is 6.97. The first kappa shape index (κ1) is 17.3. The minimum absolute atomic E-state index is 0.0972. The predicted molar refractivity (Wildman–Crippen MR) is 106 cm³/mol. The van der Waals surface area contributed by atoms with Gasteiger partial charge in [0.05, 0.1) is 11.3 Å². The molecule has 27 heavy (non-hydrogen) atoms. The number of amides is 1. The summed E-state index contributed by atoms with van der Waals surface area (Å²) in [6.45, 7) is 1.98. The van der Waals surface area contributed by atoms with Gasteiger partial charge in [-0.3, -0.25) is 4.79 Å².